The van der Waals surface area contributed by atoms with E-state index in [2.05, 4.69) is 32.6 Å². The highest BCUT2D eigenvalue weighted by Crippen LogP contribution is 2.12. The maximum absolute atomic E-state index is 12.2. The average Bonchev–Trinajstić information content (AvgIpc) is 3.30. The van der Waals surface area contributed by atoms with Gasteiger partial charge < -0.3 is 19.9 Å². The summed E-state index contributed by atoms with van der Waals surface area (Å²) in [7, 11) is 1.34. The van der Waals surface area contributed by atoms with E-state index in [0.717, 1.165) is 5.56 Å². The lowest BCUT2D eigenvalue weighted by molar-refractivity contribution is 0.0600. The Labute approximate surface area is 192 Å². The lowest BCUT2D eigenvalue weighted by Gasteiger charge is -2.07. The molecule has 0 aliphatic rings. The van der Waals surface area contributed by atoms with E-state index in [4.69, 9.17) is 9.26 Å². The number of rotatable bonds is 7. The topological polar surface area (TPSA) is 106 Å². The van der Waals surface area contributed by atoms with Crippen molar-refractivity contribution >= 4 is 17.7 Å². The third-order valence-corrected chi connectivity index (χ3v) is 4.61. The molecule has 0 radical (unpaired) electrons. The zero-order valence-corrected chi connectivity index (χ0v) is 18.8. The standard InChI is InChI=1S/C25H26N4O4/c1-17(2)23-28-22(33-29-23)11-6-14-26-25(31)27-21-10-5-8-19(16-21)13-12-18-7-4-9-20(15-18)24(30)32-3/h4-5,7-10,15-17H,6,11,14H2,1-3H3,(H2,26,27,31). The average molecular weight is 447 g/mol. The van der Waals surface area contributed by atoms with Gasteiger partial charge in [-0.3, -0.25) is 0 Å². The number of methoxy groups -OCH3 is 1. The van der Waals surface area contributed by atoms with Gasteiger partial charge in [-0.25, -0.2) is 9.59 Å². The third-order valence-electron chi connectivity index (χ3n) is 4.61. The maximum Gasteiger partial charge on any atom is 0.337 e. The highest BCUT2D eigenvalue weighted by molar-refractivity contribution is 5.90. The van der Waals surface area contributed by atoms with Crippen LogP contribution in [0.2, 0.25) is 0 Å². The Morgan fingerprint density at radius 2 is 1.82 bits per heavy atom. The normalized spacial score (nSPS) is 10.3. The number of nitrogens with one attached hydrogen (secondary N) is 2. The molecule has 1 heterocycles. The first kappa shape index (κ1) is 23.5. The smallest absolute Gasteiger partial charge is 0.337 e. The van der Waals surface area contributed by atoms with Crippen LogP contribution in [0.1, 0.15) is 59.4 Å². The quantitative estimate of drug-likeness (QED) is 0.321. The Hall–Kier alpha value is -4.12. The number of esters is 1. The summed E-state index contributed by atoms with van der Waals surface area (Å²) in [5.41, 5.74) is 2.49. The van der Waals surface area contributed by atoms with Crippen molar-refractivity contribution in [1.82, 2.24) is 15.5 Å². The number of carbonyl (C=O) groups is 2. The van der Waals surface area contributed by atoms with Gasteiger partial charge in [0.2, 0.25) is 5.89 Å². The molecule has 8 heteroatoms. The summed E-state index contributed by atoms with van der Waals surface area (Å²) < 4.78 is 9.93. The SMILES string of the molecule is COC(=O)c1cccc(C#Cc2cccc(NC(=O)NCCCc3nc(C(C)C)no3)c2)c1. The molecule has 8 nitrogen and oxygen atoms in total. The van der Waals surface area contributed by atoms with E-state index in [1.165, 1.54) is 7.11 Å². The molecule has 0 unspecified atom stereocenters. The lowest BCUT2D eigenvalue weighted by atomic mass is 10.1. The highest BCUT2D eigenvalue weighted by Gasteiger charge is 2.09. The van der Waals surface area contributed by atoms with Crippen molar-refractivity contribution in [3.05, 3.63) is 76.9 Å². The number of anilines is 1. The molecular formula is C25H26N4O4. The van der Waals surface area contributed by atoms with E-state index < -0.39 is 5.97 Å². The maximum atomic E-state index is 12.2. The molecule has 0 aliphatic heterocycles. The molecule has 1 aromatic heterocycles. The predicted molar refractivity (Wildman–Crippen MR) is 124 cm³/mol. The van der Waals surface area contributed by atoms with Crippen molar-refractivity contribution in [2.45, 2.75) is 32.6 Å². The van der Waals surface area contributed by atoms with Gasteiger partial charge in [0, 0.05) is 35.7 Å². The van der Waals surface area contributed by atoms with Gasteiger partial charge in [0.1, 0.15) is 0 Å². The van der Waals surface area contributed by atoms with Gasteiger partial charge in [-0.2, -0.15) is 4.98 Å². The van der Waals surface area contributed by atoms with Gasteiger partial charge in [-0.15, -0.1) is 0 Å². The van der Waals surface area contributed by atoms with E-state index in [0.29, 0.717) is 47.9 Å². The molecule has 2 amide bonds. The van der Waals surface area contributed by atoms with E-state index in [1.807, 2.05) is 32.0 Å². The molecule has 3 aromatic rings. The number of nitrogens with zero attached hydrogens (tertiary/aromatic N) is 2. The Bertz CT molecular complexity index is 1170. The van der Waals surface area contributed by atoms with Gasteiger partial charge in [-0.05, 0) is 42.8 Å². The van der Waals surface area contributed by atoms with Crippen LogP contribution in [0.25, 0.3) is 0 Å². The van der Waals surface area contributed by atoms with Crippen molar-refractivity contribution in [2.24, 2.45) is 0 Å². The Balaban J connectivity index is 1.50. The van der Waals surface area contributed by atoms with Crippen LogP contribution in [0.5, 0.6) is 0 Å². The molecule has 2 N–H and O–H groups in total. The first-order valence-corrected chi connectivity index (χ1v) is 10.6. The molecule has 0 saturated heterocycles. The van der Waals surface area contributed by atoms with Crippen molar-refractivity contribution in [2.75, 3.05) is 19.0 Å². The van der Waals surface area contributed by atoms with Crippen LogP contribution in [-0.2, 0) is 11.2 Å². The van der Waals surface area contributed by atoms with Gasteiger partial charge in [0.15, 0.2) is 5.82 Å². The summed E-state index contributed by atoms with van der Waals surface area (Å²) in [6, 6.07) is 13.8. The minimum absolute atomic E-state index is 0.219. The van der Waals surface area contributed by atoms with E-state index in [-0.39, 0.29) is 11.9 Å². The lowest BCUT2D eigenvalue weighted by Crippen LogP contribution is -2.29. The number of aryl methyl sites for hydroxylation is 1. The van der Waals surface area contributed by atoms with Crippen LogP contribution in [0, 0.1) is 11.8 Å². The minimum Gasteiger partial charge on any atom is -0.465 e. The van der Waals surface area contributed by atoms with Crippen LogP contribution in [0.4, 0.5) is 10.5 Å². The second kappa shape index (κ2) is 11.5. The van der Waals surface area contributed by atoms with Crippen LogP contribution in [0.15, 0.2) is 53.1 Å². The first-order chi connectivity index (χ1) is 15.9. The van der Waals surface area contributed by atoms with E-state index >= 15 is 0 Å². The molecule has 0 atom stereocenters. The summed E-state index contributed by atoms with van der Waals surface area (Å²) >= 11 is 0. The van der Waals surface area contributed by atoms with Crippen LogP contribution < -0.4 is 10.6 Å². The highest BCUT2D eigenvalue weighted by atomic mass is 16.5. The molecule has 170 valence electrons. The largest absolute Gasteiger partial charge is 0.465 e. The summed E-state index contributed by atoms with van der Waals surface area (Å²) in [5, 5.41) is 9.54. The summed E-state index contributed by atoms with van der Waals surface area (Å²) in [4.78, 5) is 28.2. The van der Waals surface area contributed by atoms with E-state index in [9.17, 15) is 9.59 Å². The van der Waals surface area contributed by atoms with Gasteiger partial charge in [0.05, 0.1) is 12.7 Å². The number of aromatic nitrogens is 2. The number of ether oxygens (including phenoxy) is 1. The Morgan fingerprint density at radius 3 is 2.52 bits per heavy atom. The van der Waals surface area contributed by atoms with Crippen molar-refractivity contribution in [3.63, 3.8) is 0 Å². The zero-order chi connectivity index (χ0) is 23.6. The second-order valence-electron chi connectivity index (χ2n) is 7.59. The fourth-order valence-electron chi connectivity index (χ4n) is 2.88. The number of urea groups is 1. The molecule has 0 aliphatic carbocycles. The van der Waals surface area contributed by atoms with Crippen LogP contribution in [0.3, 0.4) is 0 Å². The van der Waals surface area contributed by atoms with Gasteiger partial charge in [-0.1, -0.05) is 43.0 Å². The molecule has 0 bridgehead atoms. The summed E-state index contributed by atoms with van der Waals surface area (Å²) in [6.45, 7) is 4.48. The van der Waals surface area contributed by atoms with Gasteiger partial charge in [0.25, 0.3) is 0 Å². The number of hydrogen-bond donors (Lipinski definition) is 2. The summed E-state index contributed by atoms with van der Waals surface area (Å²) in [6.07, 6.45) is 1.28. The predicted octanol–water partition coefficient (Wildman–Crippen LogP) is 4.13. The zero-order valence-electron chi connectivity index (χ0n) is 18.8. The number of hydrogen-bond acceptors (Lipinski definition) is 6. The Morgan fingerprint density at radius 1 is 1.09 bits per heavy atom. The molecule has 2 aromatic carbocycles. The Kier molecular flexibility index (Phi) is 8.19. The first-order valence-electron chi connectivity index (χ1n) is 10.6. The van der Waals surface area contributed by atoms with Crippen LogP contribution >= 0.6 is 0 Å². The van der Waals surface area contributed by atoms with Gasteiger partial charge >= 0.3 is 12.0 Å². The third kappa shape index (κ3) is 7.21. The monoisotopic (exact) mass is 446 g/mol. The molecular weight excluding hydrogens is 420 g/mol. The molecule has 0 saturated carbocycles. The molecule has 33 heavy (non-hydrogen) atoms. The van der Waals surface area contributed by atoms with Crippen LogP contribution in [-0.4, -0.2) is 35.8 Å². The van der Waals surface area contributed by atoms with E-state index in [1.54, 1.807) is 30.3 Å². The molecule has 0 fully saturated rings. The number of benzene rings is 2. The fraction of sp³-hybridized carbons (Fsp3) is 0.280. The molecule has 3 rings (SSSR count). The number of carbonyl (C=O) groups excluding carboxylic acids is 2. The minimum atomic E-state index is -0.409. The van der Waals surface area contributed by atoms with Crippen molar-refractivity contribution in [1.29, 1.82) is 0 Å². The second-order valence-corrected chi connectivity index (χ2v) is 7.59. The number of amides is 2. The molecule has 0 spiro atoms. The summed E-state index contributed by atoms with van der Waals surface area (Å²) in [5.74, 6) is 7.14. The fourth-order valence-corrected chi connectivity index (χ4v) is 2.88. The van der Waals surface area contributed by atoms with Crippen molar-refractivity contribution < 1.29 is 18.8 Å². The van der Waals surface area contributed by atoms with Crippen molar-refractivity contribution in [3.8, 4) is 11.8 Å².